The van der Waals surface area contributed by atoms with Crippen molar-refractivity contribution in [2.45, 2.75) is 32.9 Å². The normalized spacial score (nSPS) is 18.3. The van der Waals surface area contributed by atoms with Crippen LogP contribution in [0, 0.1) is 5.92 Å². The van der Waals surface area contributed by atoms with Gasteiger partial charge in [-0.3, -0.25) is 4.68 Å². The molecule has 1 atom stereocenters. The van der Waals surface area contributed by atoms with E-state index in [-0.39, 0.29) is 24.0 Å². The maximum Gasteiger partial charge on any atom is 0.191 e. The summed E-state index contributed by atoms with van der Waals surface area (Å²) < 4.78 is 1.94. The van der Waals surface area contributed by atoms with Crippen molar-refractivity contribution in [3.05, 3.63) is 53.9 Å². The Bertz CT molecular complexity index is 652. The fraction of sp³-hybridized carbons (Fsp3) is 0.444. The summed E-state index contributed by atoms with van der Waals surface area (Å²) in [7, 11) is 0. The third-order valence-corrected chi connectivity index (χ3v) is 4.27. The molecule has 6 heteroatoms. The van der Waals surface area contributed by atoms with Crippen molar-refractivity contribution in [2.75, 3.05) is 13.1 Å². The molecule has 2 aromatic rings. The predicted molar refractivity (Wildman–Crippen MR) is 108 cm³/mol. The highest BCUT2D eigenvalue weighted by atomic mass is 127. The zero-order chi connectivity index (χ0) is 16.1. The van der Waals surface area contributed by atoms with Gasteiger partial charge in [0, 0.05) is 19.3 Å². The lowest BCUT2D eigenvalue weighted by Gasteiger charge is -2.31. The molecule has 0 aliphatic carbocycles. The van der Waals surface area contributed by atoms with Crippen LogP contribution in [0.25, 0.3) is 0 Å². The molecule has 130 valence electrons. The van der Waals surface area contributed by atoms with Crippen LogP contribution < -0.4 is 5.73 Å². The van der Waals surface area contributed by atoms with E-state index in [1.165, 1.54) is 18.4 Å². The number of rotatable bonds is 4. The zero-order valence-corrected chi connectivity index (χ0v) is 16.5. The van der Waals surface area contributed by atoms with Crippen molar-refractivity contribution >= 4 is 29.9 Å². The predicted octanol–water partition coefficient (Wildman–Crippen LogP) is 3.10. The SMILES string of the molecule is CC1CCCN(C(N)=NCc2ccn(Cc3ccccc3)n2)C1.I. The summed E-state index contributed by atoms with van der Waals surface area (Å²) in [5.41, 5.74) is 8.33. The van der Waals surface area contributed by atoms with Gasteiger partial charge in [0.15, 0.2) is 5.96 Å². The Morgan fingerprint density at radius 2 is 2.08 bits per heavy atom. The van der Waals surface area contributed by atoms with Crippen LogP contribution in [0.3, 0.4) is 0 Å². The lowest BCUT2D eigenvalue weighted by atomic mass is 10.0. The maximum absolute atomic E-state index is 6.13. The van der Waals surface area contributed by atoms with Crippen LogP contribution in [0.2, 0.25) is 0 Å². The molecule has 1 aromatic heterocycles. The van der Waals surface area contributed by atoms with Gasteiger partial charge >= 0.3 is 0 Å². The van der Waals surface area contributed by atoms with Crippen molar-refractivity contribution in [3.8, 4) is 0 Å². The van der Waals surface area contributed by atoms with Crippen LogP contribution in [0.5, 0.6) is 0 Å². The third kappa shape index (κ3) is 5.22. The monoisotopic (exact) mass is 439 g/mol. The first kappa shape index (κ1) is 18.8. The van der Waals surface area contributed by atoms with Crippen molar-refractivity contribution in [1.82, 2.24) is 14.7 Å². The van der Waals surface area contributed by atoms with Crippen molar-refractivity contribution in [2.24, 2.45) is 16.6 Å². The smallest absolute Gasteiger partial charge is 0.191 e. The first-order valence-electron chi connectivity index (χ1n) is 8.32. The van der Waals surface area contributed by atoms with Crippen LogP contribution in [0.15, 0.2) is 47.6 Å². The fourth-order valence-corrected chi connectivity index (χ4v) is 3.01. The molecule has 0 saturated carbocycles. The van der Waals surface area contributed by atoms with Gasteiger partial charge < -0.3 is 10.6 Å². The molecule has 1 fully saturated rings. The third-order valence-electron chi connectivity index (χ3n) is 4.27. The molecule has 1 aliphatic rings. The highest BCUT2D eigenvalue weighted by molar-refractivity contribution is 14.0. The highest BCUT2D eigenvalue weighted by Gasteiger charge is 2.17. The molecular formula is C18H26IN5. The fourth-order valence-electron chi connectivity index (χ4n) is 3.01. The Morgan fingerprint density at radius 3 is 2.83 bits per heavy atom. The largest absolute Gasteiger partial charge is 0.370 e. The minimum atomic E-state index is 0. The van der Waals surface area contributed by atoms with E-state index in [1.54, 1.807) is 0 Å². The number of nitrogens with two attached hydrogens (primary N) is 1. The van der Waals surface area contributed by atoms with Crippen LogP contribution in [0.4, 0.5) is 0 Å². The Balaban J connectivity index is 0.00000208. The number of piperidine rings is 1. The van der Waals surface area contributed by atoms with E-state index >= 15 is 0 Å². The summed E-state index contributed by atoms with van der Waals surface area (Å²) in [6.45, 7) is 5.62. The first-order valence-corrected chi connectivity index (χ1v) is 8.32. The topological polar surface area (TPSA) is 59.4 Å². The standard InChI is InChI=1S/C18H25N5.HI/c1-15-6-5-10-22(13-15)18(19)20-12-17-9-11-23(21-17)14-16-7-3-2-4-8-16;/h2-4,7-9,11,15H,5-6,10,12-14H2,1H3,(H2,19,20);1H. The van der Waals surface area contributed by atoms with Crippen molar-refractivity contribution in [3.63, 3.8) is 0 Å². The second-order valence-electron chi connectivity index (χ2n) is 6.36. The molecule has 2 heterocycles. The summed E-state index contributed by atoms with van der Waals surface area (Å²) in [6.07, 6.45) is 4.48. The number of guanidine groups is 1. The minimum absolute atomic E-state index is 0. The molecule has 1 aliphatic heterocycles. The van der Waals surface area contributed by atoms with Gasteiger partial charge in [-0.05, 0) is 30.4 Å². The second-order valence-corrected chi connectivity index (χ2v) is 6.36. The average Bonchev–Trinajstić information content (AvgIpc) is 3.01. The van der Waals surface area contributed by atoms with E-state index in [0.717, 1.165) is 25.3 Å². The summed E-state index contributed by atoms with van der Waals surface area (Å²) in [5.74, 6) is 1.34. The molecule has 3 rings (SSSR count). The summed E-state index contributed by atoms with van der Waals surface area (Å²) in [5, 5.41) is 4.57. The molecule has 5 nitrogen and oxygen atoms in total. The van der Waals surface area contributed by atoms with E-state index in [4.69, 9.17) is 5.73 Å². The number of nitrogens with zero attached hydrogens (tertiary/aromatic N) is 4. The zero-order valence-electron chi connectivity index (χ0n) is 14.1. The first-order chi connectivity index (χ1) is 11.2. The van der Waals surface area contributed by atoms with Gasteiger partial charge in [0.2, 0.25) is 0 Å². The molecule has 0 radical (unpaired) electrons. The van der Waals surface area contributed by atoms with E-state index < -0.39 is 0 Å². The van der Waals surface area contributed by atoms with Crippen LogP contribution in [-0.2, 0) is 13.1 Å². The van der Waals surface area contributed by atoms with Gasteiger partial charge in [-0.2, -0.15) is 5.10 Å². The number of halogens is 1. The number of hydrogen-bond donors (Lipinski definition) is 1. The Hall–Kier alpha value is -1.57. The lowest BCUT2D eigenvalue weighted by Crippen LogP contribution is -2.43. The molecular weight excluding hydrogens is 413 g/mol. The quantitative estimate of drug-likeness (QED) is 0.453. The molecule has 0 bridgehead atoms. The molecule has 2 N–H and O–H groups in total. The molecule has 1 saturated heterocycles. The van der Waals surface area contributed by atoms with Gasteiger partial charge in [-0.1, -0.05) is 37.3 Å². The Kier molecular flexibility index (Phi) is 7.08. The molecule has 0 spiro atoms. The summed E-state index contributed by atoms with van der Waals surface area (Å²) in [6, 6.07) is 12.3. The summed E-state index contributed by atoms with van der Waals surface area (Å²) in [4.78, 5) is 6.71. The van der Waals surface area contributed by atoms with Gasteiger partial charge in [0.1, 0.15) is 0 Å². The van der Waals surface area contributed by atoms with E-state index in [0.29, 0.717) is 18.4 Å². The molecule has 0 amide bonds. The van der Waals surface area contributed by atoms with E-state index in [2.05, 4.69) is 34.0 Å². The van der Waals surface area contributed by atoms with Gasteiger partial charge in [-0.15, -0.1) is 24.0 Å². The van der Waals surface area contributed by atoms with Crippen LogP contribution >= 0.6 is 24.0 Å². The molecule has 1 unspecified atom stereocenters. The maximum atomic E-state index is 6.13. The highest BCUT2D eigenvalue weighted by Crippen LogP contribution is 2.15. The second kappa shape index (κ2) is 9.05. The lowest BCUT2D eigenvalue weighted by molar-refractivity contribution is 0.270. The van der Waals surface area contributed by atoms with E-state index in [9.17, 15) is 0 Å². The van der Waals surface area contributed by atoms with Gasteiger partial charge in [-0.25, -0.2) is 4.99 Å². The molecule has 24 heavy (non-hydrogen) atoms. The number of aliphatic imine (C=N–C) groups is 1. The number of benzene rings is 1. The minimum Gasteiger partial charge on any atom is -0.370 e. The number of aromatic nitrogens is 2. The van der Waals surface area contributed by atoms with Gasteiger partial charge in [0.25, 0.3) is 0 Å². The number of likely N-dealkylation sites (tertiary alicyclic amines) is 1. The number of hydrogen-bond acceptors (Lipinski definition) is 2. The Morgan fingerprint density at radius 1 is 1.29 bits per heavy atom. The Labute approximate surface area is 161 Å². The molecule has 1 aromatic carbocycles. The summed E-state index contributed by atoms with van der Waals surface area (Å²) >= 11 is 0. The van der Waals surface area contributed by atoms with Crippen LogP contribution in [0.1, 0.15) is 31.0 Å². The van der Waals surface area contributed by atoms with Crippen LogP contribution in [-0.4, -0.2) is 33.7 Å². The van der Waals surface area contributed by atoms with E-state index in [1.807, 2.05) is 35.1 Å². The van der Waals surface area contributed by atoms with Gasteiger partial charge in [0.05, 0.1) is 18.8 Å². The van der Waals surface area contributed by atoms with Crippen molar-refractivity contribution in [1.29, 1.82) is 0 Å². The van der Waals surface area contributed by atoms with Crippen molar-refractivity contribution < 1.29 is 0 Å². The average molecular weight is 439 g/mol.